The van der Waals surface area contributed by atoms with E-state index >= 15 is 0 Å². The van der Waals surface area contributed by atoms with Gasteiger partial charge in [-0.05, 0) is 12.3 Å². The first-order valence-electron chi connectivity index (χ1n) is 5.29. The van der Waals surface area contributed by atoms with Gasteiger partial charge in [0.25, 0.3) is 0 Å². The van der Waals surface area contributed by atoms with Gasteiger partial charge < -0.3 is 10.5 Å². The topological polar surface area (TPSA) is 38.5 Å². The van der Waals surface area contributed by atoms with Gasteiger partial charge in [0, 0.05) is 32.3 Å². The highest BCUT2D eigenvalue weighted by atomic mass is 16.5. The van der Waals surface area contributed by atoms with E-state index in [1.165, 1.54) is 0 Å². The highest BCUT2D eigenvalue weighted by Gasteiger charge is 2.25. The number of rotatable bonds is 5. The molecule has 0 aromatic rings. The van der Waals surface area contributed by atoms with Crippen LogP contribution in [0.15, 0.2) is 0 Å². The Bertz CT molecular complexity index is 131. The van der Waals surface area contributed by atoms with Gasteiger partial charge >= 0.3 is 0 Å². The molecule has 1 rings (SSSR count). The first kappa shape index (κ1) is 11.0. The molecule has 3 nitrogen and oxygen atoms in total. The van der Waals surface area contributed by atoms with Crippen LogP contribution < -0.4 is 5.73 Å². The average Bonchev–Trinajstić information content (AvgIpc) is 2.41. The number of ether oxygens (including phenoxy) is 1. The Balaban J connectivity index is 2.03. The van der Waals surface area contributed by atoms with Crippen LogP contribution in [0, 0.1) is 5.92 Å². The molecule has 1 saturated heterocycles. The van der Waals surface area contributed by atoms with E-state index in [0.717, 1.165) is 39.3 Å². The van der Waals surface area contributed by atoms with E-state index in [0.29, 0.717) is 12.0 Å². The van der Waals surface area contributed by atoms with Crippen LogP contribution in [-0.2, 0) is 4.74 Å². The van der Waals surface area contributed by atoms with Crippen LogP contribution in [0.4, 0.5) is 0 Å². The average molecular weight is 186 g/mol. The predicted octanol–water partition coefficient (Wildman–Crippen LogP) is 0.692. The summed E-state index contributed by atoms with van der Waals surface area (Å²) in [5.74, 6) is 0.645. The van der Waals surface area contributed by atoms with Gasteiger partial charge in [-0.15, -0.1) is 0 Å². The molecule has 0 saturated carbocycles. The maximum atomic E-state index is 5.92. The molecule has 0 aliphatic carbocycles. The van der Waals surface area contributed by atoms with Crippen LogP contribution in [0.1, 0.15) is 20.3 Å². The molecule has 2 atom stereocenters. The first-order chi connectivity index (χ1) is 6.24. The summed E-state index contributed by atoms with van der Waals surface area (Å²) >= 11 is 0. The number of hydrogen-bond acceptors (Lipinski definition) is 3. The van der Waals surface area contributed by atoms with E-state index in [2.05, 4.69) is 18.7 Å². The van der Waals surface area contributed by atoms with Crippen LogP contribution in [-0.4, -0.2) is 43.8 Å². The molecular formula is C10H22N2O. The maximum absolute atomic E-state index is 5.92. The van der Waals surface area contributed by atoms with E-state index in [1.54, 1.807) is 0 Å². The summed E-state index contributed by atoms with van der Waals surface area (Å²) in [7, 11) is 0. The molecule has 1 heterocycles. The quantitative estimate of drug-likeness (QED) is 0.642. The molecular weight excluding hydrogens is 164 g/mol. The molecule has 1 aliphatic rings. The van der Waals surface area contributed by atoms with Crippen molar-refractivity contribution in [2.24, 2.45) is 11.7 Å². The van der Waals surface area contributed by atoms with Crippen molar-refractivity contribution >= 4 is 0 Å². The zero-order valence-electron chi connectivity index (χ0n) is 8.83. The van der Waals surface area contributed by atoms with Crippen LogP contribution in [0.2, 0.25) is 0 Å². The number of nitrogens with zero attached hydrogens (tertiary/aromatic N) is 1. The minimum absolute atomic E-state index is 0.367. The van der Waals surface area contributed by atoms with Crippen molar-refractivity contribution in [2.75, 3.05) is 32.8 Å². The standard InChI is InChI=1S/C10H22N2O/c1-3-5-13-6-4-12-7-9(2)10(11)8-12/h9-10H,3-8,11H2,1-2H3. The molecule has 1 fully saturated rings. The van der Waals surface area contributed by atoms with Gasteiger partial charge in [-0.1, -0.05) is 13.8 Å². The van der Waals surface area contributed by atoms with Gasteiger partial charge in [0.05, 0.1) is 6.61 Å². The minimum Gasteiger partial charge on any atom is -0.380 e. The first-order valence-corrected chi connectivity index (χ1v) is 5.29. The maximum Gasteiger partial charge on any atom is 0.0593 e. The van der Waals surface area contributed by atoms with Crippen molar-refractivity contribution in [3.05, 3.63) is 0 Å². The van der Waals surface area contributed by atoms with Gasteiger partial charge in [-0.2, -0.15) is 0 Å². The van der Waals surface area contributed by atoms with Crippen molar-refractivity contribution in [1.82, 2.24) is 4.90 Å². The van der Waals surface area contributed by atoms with Gasteiger partial charge in [-0.3, -0.25) is 4.90 Å². The fourth-order valence-corrected chi connectivity index (χ4v) is 1.72. The van der Waals surface area contributed by atoms with Crippen molar-refractivity contribution in [1.29, 1.82) is 0 Å². The molecule has 1 aliphatic heterocycles. The third-order valence-corrected chi connectivity index (χ3v) is 2.65. The van der Waals surface area contributed by atoms with Gasteiger partial charge in [0.15, 0.2) is 0 Å². The van der Waals surface area contributed by atoms with Gasteiger partial charge in [0.1, 0.15) is 0 Å². The Morgan fingerprint density at radius 1 is 1.38 bits per heavy atom. The number of hydrogen-bond donors (Lipinski definition) is 1. The van der Waals surface area contributed by atoms with Crippen LogP contribution >= 0.6 is 0 Å². The molecule has 0 amide bonds. The molecule has 0 spiro atoms. The lowest BCUT2D eigenvalue weighted by Gasteiger charge is -2.14. The van der Waals surface area contributed by atoms with Gasteiger partial charge in [-0.25, -0.2) is 0 Å². The van der Waals surface area contributed by atoms with Crippen molar-refractivity contribution in [2.45, 2.75) is 26.3 Å². The SMILES string of the molecule is CCCOCCN1CC(C)C(N)C1. The number of likely N-dealkylation sites (tertiary alicyclic amines) is 1. The van der Waals surface area contributed by atoms with E-state index in [9.17, 15) is 0 Å². The molecule has 0 radical (unpaired) electrons. The zero-order chi connectivity index (χ0) is 9.68. The summed E-state index contributed by atoms with van der Waals surface area (Å²) in [5.41, 5.74) is 5.92. The largest absolute Gasteiger partial charge is 0.380 e. The van der Waals surface area contributed by atoms with E-state index in [1.807, 2.05) is 0 Å². The lowest BCUT2D eigenvalue weighted by molar-refractivity contribution is 0.110. The molecule has 78 valence electrons. The fourth-order valence-electron chi connectivity index (χ4n) is 1.72. The van der Waals surface area contributed by atoms with Crippen molar-refractivity contribution < 1.29 is 4.74 Å². The molecule has 2 N–H and O–H groups in total. The summed E-state index contributed by atoms with van der Waals surface area (Å²) in [6.45, 7) is 9.31. The second kappa shape index (κ2) is 5.58. The number of nitrogens with two attached hydrogens (primary N) is 1. The molecule has 0 aromatic heterocycles. The molecule has 13 heavy (non-hydrogen) atoms. The lowest BCUT2D eigenvalue weighted by atomic mass is 10.1. The second-order valence-corrected chi connectivity index (χ2v) is 4.01. The van der Waals surface area contributed by atoms with E-state index < -0.39 is 0 Å². The Hall–Kier alpha value is -0.120. The van der Waals surface area contributed by atoms with Crippen molar-refractivity contribution in [3.8, 4) is 0 Å². The molecule has 0 bridgehead atoms. The van der Waals surface area contributed by atoms with E-state index in [4.69, 9.17) is 10.5 Å². The molecule has 2 unspecified atom stereocenters. The molecule has 0 aromatic carbocycles. The second-order valence-electron chi connectivity index (χ2n) is 4.01. The summed E-state index contributed by atoms with van der Waals surface area (Å²) < 4.78 is 5.43. The van der Waals surface area contributed by atoms with Crippen LogP contribution in [0.5, 0.6) is 0 Å². The van der Waals surface area contributed by atoms with Crippen LogP contribution in [0.3, 0.4) is 0 Å². The third kappa shape index (κ3) is 3.63. The smallest absolute Gasteiger partial charge is 0.0593 e. The summed E-state index contributed by atoms with van der Waals surface area (Å²) in [4.78, 5) is 2.39. The highest BCUT2D eigenvalue weighted by Crippen LogP contribution is 2.13. The Morgan fingerprint density at radius 2 is 2.15 bits per heavy atom. The third-order valence-electron chi connectivity index (χ3n) is 2.65. The Labute approximate surface area is 81.2 Å². The zero-order valence-corrected chi connectivity index (χ0v) is 8.83. The van der Waals surface area contributed by atoms with Crippen molar-refractivity contribution in [3.63, 3.8) is 0 Å². The normalized spacial score (nSPS) is 29.8. The minimum atomic E-state index is 0.367. The summed E-state index contributed by atoms with van der Waals surface area (Å²) in [6, 6.07) is 0.367. The summed E-state index contributed by atoms with van der Waals surface area (Å²) in [5, 5.41) is 0. The monoisotopic (exact) mass is 186 g/mol. The lowest BCUT2D eigenvalue weighted by Crippen LogP contribution is -2.30. The highest BCUT2D eigenvalue weighted by molar-refractivity contribution is 4.83. The predicted molar refractivity (Wildman–Crippen MR) is 54.7 cm³/mol. The Morgan fingerprint density at radius 3 is 2.69 bits per heavy atom. The molecule has 3 heteroatoms. The van der Waals surface area contributed by atoms with E-state index in [-0.39, 0.29) is 0 Å². The fraction of sp³-hybridized carbons (Fsp3) is 1.00. The van der Waals surface area contributed by atoms with Crippen LogP contribution in [0.25, 0.3) is 0 Å². The Kier molecular flexibility index (Phi) is 4.70. The summed E-state index contributed by atoms with van der Waals surface area (Å²) in [6.07, 6.45) is 1.11. The van der Waals surface area contributed by atoms with Gasteiger partial charge in [0.2, 0.25) is 0 Å².